The number of amides is 2. The molecule has 0 saturated carbocycles. The molecule has 2 aromatic rings. The molecular weight excluding hydrogens is 506 g/mol. The van der Waals surface area contributed by atoms with Gasteiger partial charge in [-0.05, 0) is 39.9 Å². The number of rotatable bonds is 14. The van der Waals surface area contributed by atoms with Gasteiger partial charge in [0, 0.05) is 57.1 Å². The number of carbonyl (C=O) groups is 2. The summed E-state index contributed by atoms with van der Waals surface area (Å²) in [5.74, 6) is 5.57. The first kappa shape index (κ1) is 31.1. The average molecular weight is 543 g/mol. The van der Waals surface area contributed by atoms with E-state index in [1.807, 2.05) is 19.0 Å². The van der Waals surface area contributed by atoms with Gasteiger partial charge in [-0.1, -0.05) is 17.9 Å². The lowest BCUT2D eigenvalue weighted by atomic mass is 10.2. The van der Waals surface area contributed by atoms with Crippen LogP contribution >= 0.6 is 0 Å². The quantitative estimate of drug-likeness (QED) is 0.145. The number of carbonyl (C=O) groups excluding carboxylic acids is 2. The van der Waals surface area contributed by atoms with Crippen LogP contribution in [-0.4, -0.2) is 90.1 Å². The van der Waals surface area contributed by atoms with Crippen LogP contribution in [0.3, 0.4) is 0 Å². The molecule has 12 heteroatoms. The highest BCUT2D eigenvalue weighted by molar-refractivity contribution is 5.92. The van der Waals surface area contributed by atoms with E-state index in [2.05, 4.69) is 42.7 Å². The summed E-state index contributed by atoms with van der Waals surface area (Å²) in [4.78, 5) is 40.1. The number of unbranched alkanes of at least 4 members (excludes halogenated alkanes) is 1. The number of nitrogens with one attached hydrogen (secondary N) is 3. The fraction of sp³-hybridized carbons (Fsp3) is 0.444. The van der Waals surface area contributed by atoms with Crippen molar-refractivity contribution in [3.8, 4) is 11.8 Å². The van der Waals surface area contributed by atoms with Crippen LogP contribution in [0.2, 0.25) is 0 Å². The van der Waals surface area contributed by atoms with Gasteiger partial charge in [0.25, 0.3) is 0 Å². The number of likely N-dealkylation sites (N-methyl/N-ethyl adjacent to an activating group) is 2. The number of halogens is 2. The summed E-state index contributed by atoms with van der Waals surface area (Å²) in [6.07, 6.45) is 7.47. The maximum atomic E-state index is 13.4. The van der Waals surface area contributed by atoms with E-state index in [0.717, 1.165) is 0 Å². The first-order chi connectivity index (χ1) is 18.7. The molecule has 0 spiro atoms. The third kappa shape index (κ3) is 11.4. The Morgan fingerprint density at radius 2 is 1.97 bits per heavy atom. The number of nitrogens with zero attached hydrogens (tertiary/aromatic N) is 5. The van der Waals surface area contributed by atoms with Crippen molar-refractivity contribution >= 4 is 29.3 Å². The second kappa shape index (κ2) is 16.7. The minimum Gasteiger partial charge on any atom is -0.369 e. The third-order valence-corrected chi connectivity index (χ3v) is 5.41. The predicted molar refractivity (Wildman–Crippen MR) is 148 cm³/mol. The summed E-state index contributed by atoms with van der Waals surface area (Å²) in [6, 6.07) is 2.18. The number of hydrogen-bond donors (Lipinski definition) is 3. The molecule has 0 aromatic carbocycles. The molecule has 1 atom stereocenters. The van der Waals surface area contributed by atoms with Gasteiger partial charge in [0.1, 0.15) is 11.9 Å². The molecule has 3 N–H and O–H groups in total. The van der Waals surface area contributed by atoms with Gasteiger partial charge >= 0.3 is 0 Å². The van der Waals surface area contributed by atoms with Crippen LogP contribution in [0, 0.1) is 17.8 Å². The van der Waals surface area contributed by atoms with E-state index < -0.39 is 18.7 Å². The van der Waals surface area contributed by atoms with Gasteiger partial charge in [-0.3, -0.25) is 14.0 Å². The number of pyridine rings is 1. The molecule has 0 aliphatic carbocycles. The lowest BCUT2D eigenvalue weighted by Crippen LogP contribution is -2.45. The zero-order valence-electron chi connectivity index (χ0n) is 22.8. The van der Waals surface area contributed by atoms with Crippen molar-refractivity contribution in [1.82, 2.24) is 30.1 Å². The van der Waals surface area contributed by atoms with Crippen molar-refractivity contribution in [2.75, 3.05) is 58.1 Å². The van der Waals surface area contributed by atoms with Crippen LogP contribution in [0.4, 0.5) is 26.2 Å². The van der Waals surface area contributed by atoms with Crippen LogP contribution in [0.25, 0.3) is 0 Å². The van der Waals surface area contributed by atoms with Crippen LogP contribution in [0.1, 0.15) is 31.7 Å². The highest BCUT2D eigenvalue weighted by Crippen LogP contribution is 2.17. The first-order valence-electron chi connectivity index (χ1n) is 12.6. The molecule has 0 radical (unpaired) electrons. The molecule has 2 rings (SSSR count). The van der Waals surface area contributed by atoms with Crippen molar-refractivity contribution in [2.45, 2.75) is 32.2 Å². The van der Waals surface area contributed by atoms with E-state index in [0.29, 0.717) is 56.0 Å². The van der Waals surface area contributed by atoms with Crippen molar-refractivity contribution in [3.63, 3.8) is 0 Å². The van der Waals surface area contributed by atoms with E-state index in [1.54, 1.807) is 26.1 Å². The minimum atomic E-state index is -0.636. The number of hydrogen-bond acceptors (Lipinski definition) is 8. The van der Waals surface area contributed by atoms with Crippen molar-refractivity contribution in [2.24, 2.45) is 0 Å². The zero-order chi connectivity index (χ0) is 28.6. The van der Waals surface area contributed by atoms with Crippen LogP contribution < -0.4 is 16.0 Å². The summed E-state index contributed by atoms with van der Waals surface area (Å²) in [5.41, 5.74) is 0.962. The maximum absolute atomic E-state index is 13.4. The minimum absolute atomic E-state index is 0.224. The molecule has 0 fully saturated rings. The Bertz CT molecular complexity index is 1180. The lowest BCUT2D eigenvalue weighted by molar-refractivity contribution is -0.135. The summed E-state index contributed by atoms with van der Waals surface area (Å²) in [5, 5.41) is 8.78. The predicted octanol–water partition coefficient (Wildman–Crippen LogP) is 2.74. The van der Waals surface area contributed by atoms with Crippen molar-refractivity contribution in [3.05, 3.63) is 48.2 Å². The number of alkyl halides is 1. The molecule has 2 amide bonds. The monoisotopic (exact) mass is 542 g/mol. The van der Waals surface area contributed by atoms with Gasteiger partial charge in [-0.15, -0.1) is 0 Å². The van der Waals surface area contributed by atoms with Gasteiger partial charge in [-0.25, -0.2) is 9.97 Å². The largest absolute Gasteiger partial charge is 0.369 e. The molecule has 0 aliphatic rings. The standard InChI is InChI=1S/C27H36F2N8O2/c1-20(37(4)24(38)11-8-17-36(2)3)26(39)32-14-7-5-6-10-21-19-33-27(35-25(21)31-15-9-13-28)34-22-12-16-30-23(29)18-22/h8,11-12,16,18-20H,5,7,9,13-15,17H2,1-4H3,(H,32,39)(H2,30,31,33,34,35)/t20-/m0/s1. The van der Waals surface area contributed by atoms with Gasteiger partial charge in [0.2, 0.25) is 23.7 Å². The average Bonchev–Trinajstić information content (AvgIpc) is 2.90. The molecule has 0 aliphatic heterocycles. The van der Waals surface area contributed by atoms with E-state index >= 15 is 0 Å². The molecule has 210 valence electrons. The van der Waals surface area contributed by atoms with Crippen molar-refractivity contribution < 1.29 is 18.4 Å². The van der Waals surface area contributed by atoms with E-state index in [9.17, 15) is 18.4 Å². The van der Waals surface area contributed by atoms with Crippen LogP contribution in [0.15, 0.2) is 36.7 Å². The topological polar surface area (TPSA) is 115 Å². The van der Waals surface area contributed by atoms with E-state index in [-0.39, 0.29) is 17.8 Å². The molecule has 39 heavy (non-hydrogen) atoms. The summed E-state index contributed by atoms with van der Waals surface area (Å²) < 4.78 is 25.9. The van der Waals surface area contributed by atoms with Gasteiger partial charge in [0.05, 0.1) is 18.4 Å². The summed E-state index contributed by atoms with van der Waals surface area (Å²) >= 11 is 0. The summed E-state index contributed by atoms with van der Waals surface area (Å²) in [7, 11) is 5.40. The highest BCUT2D eigenvalue weighted by Gasteiger charge is 2.20. The Morgan fingerprint density at radius 1 is 1.18 bits per heavy atom. The Balaban J connectivity index is 1.89. The summed E-state index contributed by atoms with van der Waals surface area (Å²) in [6.45, 7) is 2.60. The maximum Gasteiger partial charge on any atom is 0.246 e. The van der Waals surface area contributed by atoms with Gasteiger partial charge in [0.15, 0.2) is 0 Å². The highest BCUT2D eigenvalue weighted by atomic mass is 19.1. The van der Waals surface area contributed by atoms with E-state index in [1.165, 1.54) is 29.4 Å². The molecular formula is C27H36F2N8O2. The number of anilines is 3. The Labute approximate surface area is 228 Å². The normalized spacial score (nSPS) is 11.6. The molecule has 10 nitrogen and oxygen atoms in total. The first-order valence-corrected chi connectivity index (χ1v) is 12.6. The molecule has 0 bridgehead atoms. The van der Waals surface area contributed by atoms with E-state index in [4.69, 9.17) is 0 Å². The fourth-order valence-corrected chi connectivity index (χ4v) is 3.09. The lowest BCUT2D eigenvalue weighted by Gasteiger charge is -2.23. The molecule has 0 unspecified atom stereocenters. The Morgan fingerprint density at radius 3 is 2.69 bits per heavy atom. The smallest absolute Gasteiger partial charge is 0.246 e. The third-order valence-electron chi connectivity index (χ3n) is 5.41. The zero-order valence-corrected chi connectivity index (χ0v) is 22.8. The van der Waals surface area contributed by atoms with Crippen LogP contribution in [0.5, 0.6) is 0 Å². The van der Waals surface area contributed by atoms with Gasteiger partial charge < -0.3 is 25.8 Å². The second-order valence-electron chi connectivity index (χ2n) is 8.90. The van der Waals surface area contributed by atoms with Crippen molar-refractivity contribution in [1.29, 1.82) is 0 Å². The molecule has 2 aromatic heterocycles. The second-order valence-corrected chi connectivity index (χ2v) is 8.90. The molecule has 0 saturated heterocycles. The Kier molecular flexibility index (Phi) is 13.3. The fourth-order valence-electron chi connectivity index (χ4n) is 3.09. The SMILES string of the molecule is C[C@@H](C(=O)NCCCC#Cc1cnc(Nc2ccnc(F)c2)nc1NCCCF)N(C)C(=O)C=CCN(C)C. The Hall–Kier alpha value is -4.11. The van der Waals surface area contributed by atoms with Gasteiger partial charge in [-0.2, -0.15) is 9.37 Å². The number of aromatic nitrogens is 3. The van der Waals surface area contributed by atoms with Crippen LogP contribution in [-0.2, 0) is 9.59 Å². The molecule has 2 heterocycles.